The van der Waals surface area contributed by atoms with Crippen LogP contribution in [-0.2, 0) is 6.42 Å². The predicted octanol–water partition coefficient (Wildman–Crippen LogP) is 6.61. The molecule has 0 N–H and O–H groups in total. The summed E-state index contributed by atoms with van der Waals surface area (Å²) in [7, 11) is 0. The Morgan fingerprint density at radius 1 is 0.739 bits per heavy atom. The Labute approximate surface area is 146 Å². The van der Waals surface area contributed by atoms with Gasteiger partial charge in [0.1, 0.15) is 0 Å². The molecule has 0 spiro atoms. The van der Waals surface area contributed by atoms with Gasteiger partial charge < -0.3 is 0 Å². The fourth-order valence-corrected chi connectivity index (χ4v) is 4.29. The molecule has 1 heteroatoms. The smallest absolute Gasteiger partial charge is 0.0181 e. The normalized spacial score (nSPS) is 12.2. The third-order valence-corrected chi connectivity index (χ3v) is 5.31. The van der Waals surface area contributed by atoms with Crippen LogP contribution in [0.3, 0.4) is 0 Å². The summed E-state index contributed by atoms with van der Waals surface area (Å²) in [5.41, 5.74) is 12.4. The third-order valence-electron chi connectivity index (χ3n) is 4.82. The van der Waals surface area contributed by atoms with Gasteiger partial charge in [-0.2, -0.15) is 0 Å². The average molecular weight is 363 g/mol. The van der Waals surface area contributed by atoms with E-state index in [1.807, 2.05) is 0 Å². The van der Waals surface area contributed by atoms with Gasteiger partial charge in [-0.3, -0.25) is 0 Å². The molecular formula is C22H19Br. The van der Waals surface area contributed by atoms with E-state index in [0.29, 0.717) is 0 Å². The molecule has 0 fully saturated rings. The van der Waals surface area contributed by atoms with Crippen molar-refractivity contribution >= 4 is 15.9 Å². The molecule has 3 aromatic rings. The molecule has 0 saturated heterocycles. The van der Waals surface area contributed by atoms with E-state index in [1.54, 1.807) is 0 Å². The first-order valence-corrected chi connectivity index (χ1v) is 8.82. The van der Waals surface area contributed by atoms with Gasteiger partial charge in [0, 0.05) is 4.47 Å². The van der Waals surface area contributed by atoms with Crippen molar-refractivity contribution < 1.29 is 0 Å². The highest BCUT2D eigenvalue weighted by atomic mass is 79.9. The number of hydrogen-bond donors (Lipinski definition) is 0. The minimum absolute atomic E-state index is 1.05. The van der Waals surface area contributed by atoms with Crippen molar-refractivity contribution in [2.24, 2.45) is 0 Å². The Morgan fingerprint density at radius 2 is 1.35 bits per heavy atom. The van der Waals surface area contributed by atoms with E-state index < -0.39 is 0 Å². The van der Waals surface area contributed by atoms with E-state index >= 15 is 0 Å². The molecule has 1 aliphatic rings. The lowest BCUT2D eigenvalue weighted by Gasteiger charge is -2.13. The molecule has 0 aliphatic heterocycles. The molecule has 0 amide bonds. The monoisotopic (exact) mass is 362 g/mol. The minimum atomic E-state index is 1.05. The molecule has 0 bridgehead atoms. The van der Waals surface area contributed by atoms with Crippen molar-refractivity contribution in [3.63, 3.8) is 0 Å². The molecule has 4 rings (SSSR count). The summed E-state index contributed by atoms with van der Waals surface area (Å²) in [5, 5.41) is 0. The van der Waals surface area contributed by atoms with Crippen LogP contribution >= 0.6 is 15.9 Å². The van der Waals surface area contributed by atoms with Gasteiger partial charge >= 0.3 is 0 Å². The number of benzene rings is 3. The van der Waals surface area contributed by atoms with Crippen LogP contribution < -0.4 is 0 Å². The van der Waals surface area contributed by atoms with Gasteiger partial charge in [0.05, 0.1) is 0 Å². The summed E-state index contributed by atoms with van der Waals surface area (Å²) in [6.45, 7) is 6.60. The Kier molecular flexibility index (Phi) is 3.42. The second kappa shape index (κ2) is 5.35. The Hall–Kier alpha value is -1.86. The summed E-state index contributed by atoms with van der Waals surface area (Å²) >= 11 is 3.61. The summed E-state index contributed by atoms with van der Waals surface area (Å²) < 4.78 is 1.15. The van der Waals surface area contributed by atoms with Crippen LogP contribution in [0.5, 0.6) is 0 Å². The molecule has 0 atom stereocenters. The van der Waals surface area contributed by atoms with Crippen molar-refractivity contribution in [3.8, 4) is 22.3 Å². The van der Waals surface area contributed by atoms with Crippen LogP contribution in [0.15, 0.2) is 53.0 Å². The van der Waals surface area contributed by atoms with Gasteiger partial charge in [-0.15, -0.1) is 0 Å². The van der Waals surface area contributed by atoms with Crippen LogP contribution in [-0.4, -0.2) is 0 Å². The summed E-state index contributed by atoms with van der Waals surface area (Å²) in [6, 6.07) is 18.1. The largest absolute Gasteiger partial charge is 0.0575 e. The van der Waals surface area contributed by atoms with Gasteiger partial charge in [-0.1, -0.05) is 51.8 Å². The van der Waals surface area contributed by atoms with Crippen molar-refractivity contribution in [2.75, 3.05) is 0 Å². The van der Waals surface area contributed by atoms with Gasteiger partial charge in [0.2, 0.25) is 0 Å². The lowest BCUT2D eigenvalue weighted by atomic mass is 9.91. The highest BCUT2D eigenvalue weighted by Gasteiger charge is 2.19. The number of rotatable bonds is 1. The van der Waals surface area contributed by atoms with Crippen LogP contribution in [0.25, 0.3) is 22.3 Å². The Morgan fingerprint density at radius 3 is 2.04 bits per heavy atom. The lowest BCUT2D eigenvalue weighted by Crippen LogP contribution is -1.91. The van der Waals surface area contributed by atoms with Crippen LogP contribution in [0.2, 0.25) is 0 Å². The maximum Gasteiger partial charge on any atom is 0.0181 e. The van der Waals surface area contributed by atoms with Crippen molar-refractivity contribution in [2.45, 2.75) is 27.2 Å². The molecule has 0 heterocycles. The third kappa shape index (κ3) is 2.44. The quantitative estimate of drug-likeness (QED) is 0.357. The molecule has 0 saturated carbocycles. The molecule has 114 valence electrons. The second-order valence-corrected chi connectivity index (χ2v) is 7.54. The van der Waals surface area contributed by atoms with Crippen molar-refractivity contribution in [1.82, 2.24) is 0 Å². The zero-order valence-electron chi connectivity index (χ0n) is 13.7. The average Bonchev–Trinajstić information content (AvgIpc) is 2.84. The standard InChI is InChI=1S/C22H19Br/c1-13-8-14(2)22(15(3)9-13)18-5-4-16-10-17-6-7-19(23)12-21(17)20(16)11-18/h4-9,11-12H,10H2,1-3H3. The zero-order valence-corrected chi connectivity index (χ0v) is 15.3. The fraction of sp³-hybridized carbons (Fsp3) is 0.182. The number of fused-ring (bicyclic) bond motifs is 3. The molecular weight excluding hydrogens is 344 g/mol. The number of aryl methyl sites for hydroxylation is 3. The van der Waals surface area contributed by atoms with E-state index in [2.05, 4.69) is 85.2 Å². The number of hydrogen-bond acceptors (Lipinski definition) is 0. The first kappa shape index (κ1) is 14.7. The molecule has 1 aliphatic carbocycles. The molecule has 0 radical (unpaired) electrons. The fourth-order valence-electron chi connectivity index (χ4n) is 3.93. The van der Waals surface area contributed by atoms with Gasteiger partial charge in [0.15, 0.2) is 0 Å². The molecule has 3 aromatic carbocycles. The first-order chi connectivity index (χ1) is 11.0. The lowest BCUT2D eigenvalue weighted by molar-refractivity contribution is 1.26. The number of halogens is 1. The maximum atomic E-state index is 3.61. The highest BCUT2D eigenvalue weighted by molar-refractivity contribution is 9.10. The van der Waals surface area contributed by atoms with Crippen LogP contribution in [0.4, 0.5) is 0 Å². The Balaban J connectivity index is 1.91. The van der Waals surface area contributed by atoms with E-state index in [0.717, 1.165) is 10.9 Å². The molecule has 23 heavy (non-hydrogen) atoms. The van der Waals surface area contributed by atoms with Gasteiger partial charge in [0.25, 0.3) is 0 Å². The maximum absolute atomic E-state index is 3.61. The first-order valence-electron chi connectivity index (χ1n) is 8.03. The minimum Gasteiger partial charge on any atom is -0.0575 e. The Bertz CT molecular complexity index is 912. The molecule has 0 nitrogen and oxygen atoms in total. The topological polar surface area (TPSA) is 0 Å². The van der Waals surface area contributed by atoms with Crippen molar-refractivity contribution in [1.29, 1.82) is 0 Å². The summed E-state index contributed by atoms with van der Waals surface area (Å²) in [5.74, 6) is 0. The van der Waals surface area contributed by atoms with E-state index in [4.69, 9.17) is 0 Å². The van der Waals surface area contributed by atoms with Gasteiger partial charge in [-0.05, 0) is 89.9 Å². The summed E-state index contributed by atoms with van der Waals surface area (Å²) in [4.78, 5) is 0. The summed E-state index contributed by atoms with van der Waals surface area (Å²) in [6.07, 6.45) is 1.05. The predicted molar refractivity (Wildman–Crippen MR) is 102 cm³/mol. The van der Waals surface area contributed by atoms with Crippen LogP contribution in [0.1, 0.15) is 27.8 Å². The van der Waals surface area contributed by atoms with E-state index in [-0.39, 0.29) is 0 Å². The highest BCUT2D eigenvalue weighted by Crippen LogP contribution is 2.41. The molecule has 0 aromatic heterocycles. The second-order valence-electron chi connectivity index (χ2n) is 6.62. The van der Waals surface area contributed by atoms with E-state index in [9.17, 15) is 0 Å². The molecule has 0 unspecified atom stereocenters. The van der Waals surface area contributed by atoms with Crippen LogP contribution in [0, 0.1) is 20.8 Å². The van der Waals surface area contributed by atoms with Crippen molar-refractivity contribution in [3.05, 3.63) is 80.8 Å². The SMILES string of the molecule is Cc1cc(C)c(-c2ccc3c(c2)-c2cc(Br)ccc2C3)c(C)c1. The van der Waals surface area contributed by atoms with E-state index in [1.165, 1.54) is 50.1 Å². The van der Waals surface area contributed by atoms with Gasteiger partial charge in [-0.25, -0.2) is 0 Å². The zero-order chi connectivity index (χ0) is 16.1.